The maximum Gasteiger partial charge on any atom is 0.278 e. The lowest BCUT2D eigenvalue weighted by Crippen LogP contribution is -2.20. The van der Waals surface area contributed by atoms with Crippen molar-refractivity contribution in [2.24, 2.45) is 0 Å². The Morgan fingerprint density at radius 2 is 1.71 bits per heavy atom. The number of halogens is 3. The quantitative estimate of drug-likeness (QED) is 0.831. The largest absolute Gasteiger partial charge is 0.278 e. The Morgan fingerprint density at radius 1 is 1.06 bits per heavy atom. The molecule has 0 bridgehead atoms. The SMILES string of the molecule is O=c1cccc(C(F)F)n1-c1ccc(Br)cc1. The number of aromatic nitrogens is 1. The summed E-state index contributed by atoms with van der Waals surface area (Å²) in [5.74, 6) is 0. The van der Waals surface area contributed by atoms with Crippen LogP contribution < -0.4 is 5.56 Å². The molecule has 88 valence electrons. The smallest absolute Gasteiger partial charge is 0.276 e. The van der Waals surface area contributed by atoms with Gasteiger partial charge in [0.15, 0.2) is 0 Å². The van der Waals surface area contributed by atoms with E-state index in [1.807, 2.05) is 0 Å². The first-order valence-electron chi connectivity index (χ1n) is 4.85. The van der Waals surface area contributed by atoms with Crippen LogP contribution >= 0.6 is 15.9 Å². The summed E-state index contributed by atoms with van der Waals surface area (Å²) >= 11 is 3.25. The van der Waals surface area contributed by atoms with Gasteiger partial charge in [-0.15, -0.1) is 0 Å². The molecular formula is C12H8BrF2NO. The highest BCUT2D eigenvalue weighted by molar-refractivity contribution is 9.10. The second kappa shape index (κ2) is 4.79. The molecule has 2 rings (SSSR count). The zero-order chi connectivity index (χ0) is 12.4. The standard InChI is InChI=1S/C12H8BrF2NO/c13-8-4-6-9(7-5-8)16-10(12(14)15)2-1-3-11(16)17/h1-7,12H. The van der Waals surface area contributed by atoms with E-state index in [1.54, 1.807) is 24.3 Å². The molecule has 0 fully saturated rings. The molecule has 0 amide bonds. The molecule has 0 atom stereocenters. The molecule has 2 nitrogen and oxygen atoms in total. The molecule has 1 aromatic heterocycles. The van der Waals surface area contributed by atoms with Crippen LogP contribution in [0.2, 0.25) is 0 Å². The lowest BCUT2D eigenvalue weighted by Gasteiger charge is -2.11. The molecule has 0 N–H and O–H groups in total. The molecular weight excluding hydrogens is 292 g/mol. The van der Waals surface area contributed by atoms with E-state index in [1.165, 1.54) is 18.2 Å². The molecule has 0 saturated heterocycles. The van der Waals surface area contributed by atoms with Gasteiger partial charge < -0.3 is 0 Å². The van der Waals surface area contributed by atoms with Gasteiger partial charge in [0.25, 0.3) is 12.0 Å². The monoisotopic (exact) mass is 299 g/mol. The van der Waals surface area contributed by atoms with Crippen LogP contribution in [-0.2, 0) is 0 Å². The summed E-state index contributed by atoms with van der Waals surface area (Å²) in [6.07, 6.45) is -2.69. The maximum atomic E-state index is 12.8. The average Bonchev–Trinajstić information content (AvgIpc) is 2.30. The Kier molecular flexibility index (Phi) is 3.38. The van der Waals surface area contributed by atoms with Crippen molar-refractivity contribution < 1.29 is 8.78 Å². The van der Waals surface area contributed by atoms with Crippen LogP contribution in [0.3, 0.4) is 0 Å². The van der Waals surface area contributed by atoms with Gasteiger partial charge in [-0.1, -0.05) is 22.0 Å². The number of pyridine rings is 1. The Hall–Kier alpha value is -1.49. The second-order valence-electron chi connectivity index (χ2n) is 3.40. The van der Waals surface area contributed by atoms with Crippen LogP contribution in [0.1, 0.15) is 12.1 Å². The minimum atomic E-state index is -2.69. The lowest BCUT2D eigenvalue weighted by molar-refractivity contribution is 0.143. The molecule has 1 aromatic carbocycles. The third kappa shape index (κ3) is 2.44. The van der Waals surface area contributed by atoms with Gasteiger partial charge in [0, 0.05) is 16.2 Å². The highest BCUT2D eigenvalue weighted by Crippen LogP contribution is 2.21. The van der Waals surface area contributed by atoms with Gasteiger partial charge in [0.2, 0.25) is 0 Å². The number of nitrogens with zero attached hydrogens (tertiary/aromatic N) is 1. The molecule has 0 spiro atoms. The zero-order valence-corrected chi connectivity index (χ0v) is 10.2. The van der Waals surface area contributed by atoms with E-state index in [-0.39, 0.29) is 5.69 Å². The molecule has 0 aliphatic rings. The summed E-state index contributed by atoms with van der Waals surface area (Å²) in [4.78, 5) is 11.6. The van der Waals surface area contributed by atoms with E-state index in [0.717, 1.165) is 9.04 Å². The third-order valence-corrected chi connectivity index (χ3v) is 2.82. The van der Waals surface area contributed by atoms with Crippen molar-refractivity contribution >= 4 is 15.9 Å². The van der Waals surface area contributed by atoms with Gasteiger partial charge in [-0.2, -0.15) is 0 Å². The molecule has 0 aliphatic heterocycles. The van der Waals surface area contributed by atoms with Crippen molar-refractivity contribution in [1.29, 1.82) is 0 Å². The Morgan fingerprint density at radius 3 is 2.29 bits per heavy atom. The van der Waals surface area contributed by atoms with Crippen molar-refractivity contribution in [1.82, 2.24) is 4.57 Å². The zero-order valence-electron chi connectivity index (χ0n) is 8.61. The fourth-order valence-electron chi connectivity index (χ4n) is 1.54. The van der Waals surface area contributed by atoms with Crippen molar-refractivity contribution in [3.8, 4) is 5.69 Å². The van der Waals surface area contributed by atoms with Gasteiger partial charge in [-0.25, -0.2) is 8.78 Å². The van der Waals surface area contributed by atoms with Gasteiger partial charge in [0.05, 0.1) is 5.69 Å². The number of alkyl halides is 2. The Balaban J connectivity index is 2.65. The highest BCUT2D eigenvalue weighted by Gasteiger charge is 2.14. The normalized spacial score (nSPS) is 10.8. The summed E-state index contributed by atoms with van der Waals surface area (Å²) in [6, 6.07) is 10.4. The molecule has 0 aliphatic carbocycles. The minimum Gasteiger partial charge on any atom is -0.276 e. The van der Waals surface area contributed by atoms with Crippen LogP contribution in [0, 0.1) is 0 Å². The fourth-order valence-corrected chi connectivity index (χ4v) is 1.81. The van der Waals surface area contributed by atoms with Crippen molar-refractivity contribution in [2.45, 2.75) is 6.43 Å². The third-order valence-electron chi connectivity index (χ3n) is 2.29. The van der Waals surface area contributed by atoms with Crippen LogP contribution in [0.4, 0.5) is 8.78 Å². The summed E-state index contributed by atoms with van der Waals surface area (Å²) in [6.45, 7) is 0. The first kappa shape index (κ1) is 12.0. The number of rotatable bonds is 2. The predicted molar refractivity (Wildman–Crippen MR) is 64.7 cm³/mol. The Bertz CT molecular complexity index is 578. The molecule has 0 unspecified atom stereocenters. The van der Waals surface area contributed by atoms with E-state index < -0.39 is 12.0 Å². The molecule has 17 heavy (non-hydrogen) atoms. The number of hydrogen-bond acceptors (Lipinski definition) is 1. The molecule has 0 radical (unpaired) electrons. The highest BCUT2D eigenvalue weighted by atomic mass is 79.9. The number of benzene rings is 1. The van der Waals surface area contributed by atoms with Crippen molar-refractivity contribution in [2.75, 3.05) is 0 Å². The van der Waals surface area contributed by atoms with E-state index in [0.29, 0.717) is 5.69 Å². The molecule has 5 heteroatoms. The summed E-state index contributed by atoms with van der Waals surface area (Å²) in [5.41, 5.74) is -0.348. The van der Waals surface area contributed by atoms with Gasteiger partial charge in [0.1, 0.15) is 0 Å². The van der Waals surface area contributed by atoms with E-state index in [2.05, 4.69) is 15.9 Å². The van der Waals surface area contributed by atoms with E-state index in [4.69, 9.17) is 0 Å². The lowest BCUT2D eigenvalue weighted by atomic mass is 10.2. The summed E-state index contributed by atoms with van der Waals surface area (Å²) in [7, 11) is 0. The molecule has 0 saturated carbocycles. The maximum absolute atomic E-state index is 12.8. The van der Waals surface area contributed by atoms with E-state index in [9.17, 15) is 13.6 Å². The summed E-state index contributed by atoms with van der Waals surface area (Å²) in [5, 5.41) is 0. The minimum absolute atomic E-state index is 0.306. The molecule has 1 heterocycles. The van der Waals surface area contributed by atoms with Crippen LogP contribution in [0.25, 0.3) is 5.69 Å². The van der Waals surface area contributed by atoms with Crippen LogP contribution in [0.15, 0.2) is 51.7 Å². The van der Waals surface area contributed by atoms with Gasteiger partial charge in [-0.05, 0) is 30.3 Å². The van der Waals surface area contributed by atoms with Gasteiger partial charge >= 0.3 is 0 Å². The topological polar surface area (TPSA) is 22.0 Å². The Labute approximate surface area is 105 Å². The van der Waals surface area contributed by atoms with Crippen molar-refractivity contribution in [3.63, 3.8) is 0 Å². The number of hydrogen-bond donors (Lipinski definition) is 0. The van der Waals surface area contributed by atoms with Crippen LogP contribution in [-0.4, -0.2) is 4.57 Å². The second-order valence-corrected chi connectivity index (χ2v) is 4.32. The first-order valence-corrected chi connectivity index (χ1v) is 5.65. The van der Waals surface area contributed by atoms with Gasteiger partial charge in [-0.3, -0.25) is 9.36 Å². The first-order chi connectivity index (χ1) is 8.09. The van der Waals surface area contributed by atoms with Crippen LogP contribution in [0.5, 0.6) is 0 Å². The summed E-state index contributed by atoms with van der Waals surface area (Å²) < 4.78 is 27.4. The van der Waals surface area contributed by atoms with Crippen molar-refractivity contribution in [3.05, 3.63) is 63.0 Å². The fraction of sp³-hybridized carbons (Fsp3) is 0.0833. The molecule has 2 aromatic rings. The van der Waals surface area contributed by atoms with E-state index >= 15 is 0 Å². The predicted octanol–water partition coefficient (Wildman–Crippen LogP) is 3.54. The average molecular weight is 300 g/mol.